The van der Waals surface area contributed by atoms with Crippen molar-refractivity contribution in [1.82, 2.24) is 4.98 Å². The Morgan fingerprint density at radius 3 is 2.75 bits per heavy atom. The first-order valence-corrected chi connectivity index (χ1v) is 8.02. The van der Waals surface area contributed by atoms with Gasteiger partial charge in [0.2, 0.25) is 0 Å². The molecule has 0 atom stereocenters. The number of methoxy groups -OCH3 is 2. The van der Waals surface area contributed by atoms with Gasteiger partial charge in [-0.15, -0.1) is 0 Å². The van der Waals surface area contributed by atoms with Crippen LogP contribution in [0.4, 0.5) is 0 Å². The molecule has 4 nitrogen and oxygen atoms in total. The van der Waals surface area contributed by atoms with E-state index in [9.17, 15) is 4.79 Å². The molecule has 1 aromatic carbocycles. The lowest BCUT2D eigenvalue weighted by Gasteiger charge is -2.09. The molecule has 0 fully saturated rings. The van der Waals surface area contributed by atoms with E-state index >= 15 is 0 Å². The molecule has 1 aromatic heterocycles. The number of ketones is 1. The van der Waals surface area contributed by atoms with Crippen molar-refractivity contribution in [3.63, 3.8) is 0 Å². The third kappa shape index (κ3) is 5.54. The van der Waals surface area contributed by atoms with Gasteiger partial charge in [0, 0.05) is 18.8 Å². The number of carbonyl (C=O) groups excluding carboxylic acids is 1. The van der Waals surface area contributed by atoms with Gasteiger partial charge in [-0.05, 0) is 60.7 Å². The quantitative estimate of drug-likeness (QED) is 0.658. The minimum absolute atomic E-state index is 0.117. The van der Waals surface area contributed by atoms with Gasteiger partial charge in [0.1, 0.15) is 11.5 Å². The summed E-state index contributed by atoms with van der Waals surface area (Å²) in [6.07, 6.45) is 10.0. The van der Waals surface area contributed by atoms with Crippen LogP contribution in [0.25, 0.3) is 0 Å². The Kier molecular flexibility index (Phi) is 7.02. The highest BCUT2D eigenvalue weighted by atomic mass is 16.5. The molecule has 0 aliphatic rings. The van der Waals surface area contributed by atoms with Crippen molar-refractivity contribution in [2.24, 2.45) is 0 Å². The minimum Gasteiger partial charge on any atom is -0.497 e. The number of aryl methyl sites for hydroxylation is 2. The molecule has 2 aromatic rings. The second kappa shape index (κ2) is 9.50. The second-order valence-corrected chi connectivity index (χ2v) is 5.45. The summed E-state index contributed by atoms with van der Waals surface area (Å²) < 4.78 is 10.6. The van der Waals surface area contributed by atoms with Crippen molar-refractivity contribution in [3.05, 3.63) is 66.0 Å². The lowest BCUT2D eigenvalue weighted by Crippen LogP contribution is -1.99. The van der Waals surface area contributed by atoms with Gasteiger partial charge in [-0.1, -0.05) is 12.1 Å². The van der Waals surface area contributed by atoms with Crippen molar-refractivity contribution < 1.29 is 14.3 Å². The van der Waals surface area contributed by atoms with Crippen molar-refractivity contribution in [2.75, 3.05) is 14.2 Å². The minimum atomic E-state index is 0.117. The predicted octanol–water partition coefficient (Wildman–Crippen LogP) is 3.79. The average Bonchev–Trinajstić information content (AvgIpc) is 2.64. The monoisotopic (exact) mass is 325 g/mol. The van der Waals surface area contributed by atoms with Crippen LogP contribution in [0, 0.1) is 0 Å². The molecule has 4 heteroatoms. The van der Waals surface area contributed by atoms with Crippen LogP contribution in [0.5, 0.6) is 11.5 Å². The van der Waals surface area contributed by atoms with Crippen molar-refractivity contribution in [3.8, 4) is 11.5 Å². The highest BCUT2D eigenvalue weighted by Crippen LogP contribution is 2.25. The van der Waals surface area contributed by atoms with E-state index in [1.807, 2.05) is 42.6 Å². The first-order valence-electron chi connectivity index (χ1n) is 8.02. The maximum Gasteiger partial charge on any atom is 0.155 e. The molecule has 0 N–H and O–H groups in total. The normalized spacial score (nSPS) is 10.8. The van der Waals surface area contributed by atoms with Crippen molar-refractivity contribution >= 4 is 5.78 Å². The maximum atomic E-state index is 12.0. The Balaban J connectivity index is 1.81. The number of carbonyl (C=O) groups is 1. The van der Waals surface area contributed by atoms with Crippen LogP contribution in [0.3, 0.4) is 0 Å². The van der Waals surface area contributed by atoms with E-state index in [0.29, 0.717) is 12.8 Å². The number of aromatic nitrogens is 1. The molecule has 0 aliphatic carbocycles. The summed E-state index contributed by atoms with van der Waals surface area (Å²) >= 11 is 0. The van der Waals surface area contributed by atoms with Crippen LogP contribution in [-0.4, -0.2) is 25.0 Å². The molecule has 0 aliphatic heterocycles. The molecule has 0 saturated carbocycles. The van der Waals surface area contributed by atoms with E-state index in [0.717, 1.165) is 29.9 Å². The number of nitrogens with zero attached hydrogens (tertiary/aromatic N) is 1. The first-order chi connectivity index (χ1) is 11.7. The molecule has 2 rings (SSSR count). The Morgan fingerprint density at radius 2 is 2.04 bits per heavy atom. The Morgan fingerprint density at radius 1 is 1.17 bits per heavy atom. The standard InChI is InChI=1S/C20H23NO3/c1-23-19-11-12-20(24-2)17(14-19)9-10-18(22)8-4-3-6-16-7-5-13-21-15-16/h4-5,7-8,11-15H,3,6,9-10H2,1-2H3/b8-4+. The van der Waals surface area contributed by atoms with Crippen LogP contribution in [0.2, 0.25) is 0 Å². The lowest BCUT2D eigenvalue weighted by molar-refractivity contribution is -0.114. The summed E-state index contributed by atoms with van der Waals surface area (Å²) in [5, 5.41) is 0. The van der Waals surface area contributed by atoms with Gasteiger partial charge in [0.15, 0.2) is 5.78 Å². The van der Waals surface area contributed by atoms with Crippen molar-refractivity contribution in [1.29, 1.82) is 0 Å². The van der Waals surface area contributed by atoms with Gasteiger partial charge in [-0.3, -0.25) is 9.78 Å². The van der Waals surface area contributed by atoms with Crippen molar-refractivity contribution in [2.45, 2.75) is 25.7 Å². The summed E-state index contributed by atoms with van der Waals surface area (Å²) in [6, 6.07) is 9.59. The van der Waals surface area contributed by atoms with Gasteiger partial charge < -0.3 is 9.47 Å². The fraction of sp³-hybridized carbons (Fsp3) is 0.300. The summed E-state index contributed by atoms with van der Waals surface area (Å²) in [6.45, 7) is 0. The zero-order valence-electron chi connectivity index (χ0n) is 14.2. The van der Waals surface area contributed by atoms with Gasteiger partial charge in [-0.2, -0.15) is 0 Å². The number of hydrogen-bond donors (Lipinski definition) is 0. The highest BCUT2D eigenvalue weighted by Gasteiger charge is 2.07. The molecule has 0 amide bonds. The lowest BCUT2D eigenvalue weighted by atomic mass is 10.1. The largest absolute Gasteiger partial charge is 0.497 e. The van der Waals surface area contributed by atoms with E-state index < -0.39 is 0 Å². The number of benzene rings is 1. The van der Waals surface area contributed by atoms with E-state index in [2.05, 4.69) is 4.98 Å². The zero-order chi connectivity index (χ0) is 17.2. The Hall–Kier alpha value is -2.62. The molecule has 24 heavy (non-hydrogen) atoms. The Labute approximate surface area is 143 Å². The number of allylic oxidation sites excluding steroid dienone is 2. The Bertz CT molecular complexity index is 681. The van der Waals surface area contributed by atoms with Crippen LogP contribution < -0.4 is 9.47 Å². The highest BCUT2D eigenvalue weighted by molar-refractivity contribution is 5.89. The average molecular weight is 325 g/mol. The third-order valence-electron chi connectivity index (χ3n) is 3.75. The topological polar surface area (TPSA) is 48.4 Å². The van der Waals surface area contributed by atoms with Crippen LogP contribution in [0.1, 0.15) is 24.0 Å². The summed E-state index contributed by atoms with van der Waals surface area (Å²) in [5.41, 5.74) is 2.16. The summed E-state index contributed by atoms with van der Waals surface area (Å²) in [4.78, 5) is 16.1. The van der Waals surface area contributed by atoms with Crippen LogP contribution in [-0.2, 0) is 17.6 Å². The number of pyridine rings is 1. The predicted molar refractivity (Wildman–Crippen MR) is 94.6 cm³/mol. The van der Waals surface area contributed by atoms with Gasteiger partial charge in [-0.25, -0.2) is 0 Å². The number of ether oxygens (including phenoxy) is 2. The van der Waals surface area contributed by atoms with Gasteiger partial charge >= 0.3 is 0 Å². The van der Waals surface area contributed by atoms with Gasteiger partial charge in [0.05, 0.1) is 14.2 Å². The van der Waals surface area contributed by atoms with E-state index in [1.54, 1.807) is 26.5 Å². The molecule has 0 unspecified atom stereocenters. The fourth-order valence-electron chi connectivity index (χ4n) is 2.43. The van der Waals surface area contributed by atoms with Crippen LogP contribution >= 0.6 is 0 Å². The smallest absolute Gasteiger partial charge is 0.155 e. The summed E-state index contributed by atoms with van der Waals surface area (Å²) in [5.74, 6) is 1.67. The van der Waals surface area contributed by atoms with E-state index in [1.165, 1.54) is 5.56 Å². The first kappa shape index (κ1) is 17.7. The molecule has 0 saturated heterocycles. The number of hydrogen-bond acceptors (Lipinski definition) is 4. The second-order valence-electron chi connectivity index (χ2n) is 5.45. The van der Waals surface area contributed by atoms with E-state index in [4.69, 9.17) is 9.47 Å². The molecule has 0 spiro atoms. The molecular weight excluding hydrogens is 302 g/mol. The van der Waals surface area contributed by atoms with Gasteiger partial charge in [0.25, 0.3) is 0 Å². The zero-order valence-corrected chi connectivity index (χ0v) is 14.2. The molecule has 1 heterocycles. The molecular formula is C20H23NO3. The molecule has 0 bridgehead atoms. The summed E-state index contributed by atoms with van der Waals surface area (Å²) in [7, 11) is 3.26. The maximum absolute atomic E-state index is 12.0. The molecule has 126 valence electrons. The SMILES string of the molecule is COc1ccc(OC)c(CCC(=O)/C=C/CCc2cccnc2)c1. The number of rotatable bonds is 9. The van der Waals surface area contributed by atoms with E-state index in [-0.39, 0.29) is 5.78 Å². The molecule has 0 radical (unpaired) electrons. The fourth-order valence-corrected chi connectivity index (χ4v) is 2.43. The third-order valence-corrected chi connectivity index (χ3v) is 3.75. The van der Waals surface area contributed by atoms with Crippen LogP contribution in [0.15, 0.2) is 54.9 Å².